The largest absolute Gasteiger partial charge is 0.361 e. The van der Waals surface area contributed by atoms with Crippen LogP contribution in [0.4, 0.5) is 4.39 Å². The smallest absolute Gasteiger partial charge is 0.132 e. The lowest BCUT2D eigenvalue weighted by atomic mass is 9.83. The van der Waals surface area contributed by atoms with Crippen LogP contribution in [0.25, 0.3) is 22.2 Å². The fourth-order valence-corrected chi connectivity index (χ4v) is 4.07. The van der Waals surface area contributed by atoms with Crippen molar-refractivity contribution in [3.63, 3.8) is 0 Å². The molecular formula is C22H19FN4. The molecule has 2 aromatic heterocycles. The molecule has 1 aliphatic rings. The van der Waals surface area contributed by atoms with E-state index in [1.165, 1.54) is 10.9 Å². The fourth-order valence-electron chi connectivity index (χ4n) is 4.07. The average molecular weight is 358 g/mol. The van der Waals surface area contributed by atoms with Crippen molar-refractivity contribution in [1.82, 2.24) is 20.1 Å². The van der Waals surface area contributed by atoms with Crippen LogP contribution in [0.1, 0.15) is 22.6 Å². The van der Waals surface area contributed by atoms with Crippen LogP contribution in [0.5, 0.6) is 0 Å². The second-order valence-electron chi connectivity index (χ2n) is 7.21. The van der Waals surface area contributed by atoms with Crippen molar-refractivity contribution in [1.29, 1.82) is 0 Å². The van der Waals surface area contributed by atoms with Crippen LogP contribution in [0.3, 0.4) is 0 Å². The van der Waals surface area contributed by atoms with Crippen molar-refractivity contribution >= 4 is 10.9 Å². The molecule has 27 heavy (non-hydrogen) atoms. The highest BCUT2D eigenvalue weighted by Crippen LogP contribution is 2.37. The number of H-pyrrole nitrogens is 1. The molecule has 0 spiro atoms. The number of nitrogens with one attached hydrogen (secondary N) is 1. The highest BCUT2D eigenvalue weighted by atomic mass is 19.1. The molecule has 1 atom stereocenters. The lowest BCUT2D eigenvalue weighted by molar-refractivity contribution is 0.294. The summed E-state index contributed by atoms with van der Waals surface area (Å²) in [7, 11) is 2.11. The Morgan fingerprint density at radius 2 is 2.07 bits per heavy atom. The van der Waals surface area contributed by atoms with Crippen molar-refractivity contribution in [3.8, 4) is 11.3 Å². The minimum atomic E-state index is -0.246. The topological polar surface area (TPSA) is 44.8 Å². The van der Waals surface area contributed by atoms with Crippen molar-refractivity contribution in [3.05, 3.63) is 83.4 Å². The zero-order valence-corrected chi connectivity index (χ0v) is 15.0. The van der Waals surface area contributed by atoms with Gasteiger partial charge in [0.05, 0.1) is 5.69 Å². The highest BCUT2D eigenvalue weighted by Gasteiger charge is 2.27. The Morgan fingerprint density at radius 3 is 2.93 bits per heavy atom. The summed E-state index contributed by atoms with van der Waals surface area (Å²) in [4.78, 5) is 5.56. The molecule has 5 rings (SSSR count). The Hall–Kier alpha value is -3.05. The van der Waals surface area contributed by atoms with Gasteiger partial charge in [-0.15, -0.1) is 0 Å². The number of fused-ring (bicyclic) bond motifs is 2. The fraction of sp³-hybridized carbons (Fsp3) is 0.182. The molecule has 0 fully saturated rings. The molecule has 0 amide bonds. The number of hydrogen-bond donors (Lipinski definition) is 1. The third kappa shape index (κ3) is 2.80. The van der Waals surface area contributed by atoms with Gasteiger partial charge < -0.3 is 9.88 Å². The van der Waals surface area contributed by atoms with E-state index in [1.54, 1.807) is 24.4 Å². The van der Waals surface area contributed by atoms with Crippen LogP contribution in [-0.2, 0) is 6.54 Å². The van der Waals surface area contributed by atoms with Gasteiger partial charge in [-0.05, 0) is 65.5 Å². The Bertz CT molecular complexity index is 1120. The predicted octanol–water partition coefficient (Wildman–Crippen LogP) is 4.34. The van der Waals surface area contributed by atoms with Crippen molar-refractivity contribution in [2.45, 2.75) is 12.5 Å². The maximum absolute atomic E-state index is 15.0. The maximum Gasteiger partial charge on any atom is 0.132 e. The minimum Gasteiger partial charge on any atom is -0.361 e. The molecule has 0 bridgehead atoms. The molecule has 1 aliphatic heterocycles. The van der Waals surface area contributed by atoms with Crippen molar-refractivity contribution < 1.29 is 4.39 Å². The zero-order valence-electron chi connectivity index (χ0n) is 15.0. The first kappa shape index (κ1) is 16.1. The first-order valence-electron chi connectivity index (χ1n) is 9.05. The van der Waals surface area contributed by atoms with E-state index < -0.39 is 0 Å². The summed E-state index contributed by atoms with van der Waals surface area (Å²) >= 11 is 0. The number of benzene rings is 2. The van der Waals surface area contributed by atoms with E-state index in [0.29, 0.717) is 11.3 Å². The molecule has 0 radical (unpaired) electrons. The second kappa shape index (κ2) is 6.28. The van der Waals surface area contributed by atoms with Crippen molar-refractivity contribution in [2.75, 3.05) is 13.6 Å². The number of hydrogen-bond acceptors (Lipinski definition) is 3. The Labute approximate surface area is 156 Å². The van der Waals surface area contributed by atoms with Gasteiger partial charge in [-0.25, -0.2) is 4.39 Å². The first-order valence-corrected chi connectivity index (χ1v) is 9.05. The van der Waals surface area contributed by atoms with E-state index in [4.69, 9.17) is 0 Å². The molecular weight excluding hydrogens is 339 g/mol. The molecule has 1 unspecified atom stereocenters. The quantitative estimate of drug-likeness (QED) is 0.580. The summed E-state index contributed by atoms with van der Waals surface area (Å²) in [6.07, 6.45) is 3.54. The monoisotopic (exact) mass is 358 g/mol. The standard InChI is InChI=1S/C22H19FN4/c1-27-12-16-9-18(21-3-2-7-25-26-21)20(23)11-17(16)19(13-27)15-5-4-14-6-8-24-22(14)10-15/h2-11,19,24H,12-13H2,1H3. The number of halogens is 1. The van der Waals surface area contributed by atoms with Gasteiger partial charge in [0.15, 0.2) is 0 Å². The van der Waals surface area contributed by atoms with Crippen LogP contribution >= 0.6 is 0 Å². The van der Waals surface area contributed by atoms with Crippen LogP contribution in [-0.4, -0.2) is 33.7 Å². The van der Waals surface area contributed by atoms with Crippen LogP contribution in [0.2, 0.25) is 0 Å². The third-order valence-electron chi connectivity index (χ3n) is 5.37. The second-order valence-corrected chi connectivity index (χ2v) is 7.21. The lowest BCUT2D eigenvalue weighted by Crippen LogP contribution is -2.31. The normalized spacial score (nSPS) is 17.2. The Morgan fingerprint density at radius 1 is 1.15 bits per heavy atom. The number of likely N-dealkylation sites (N-methyl/N-ethyl adjacent to an activating group) is 1. The van der Waals surface area contributed by atoms with Crippen LogP contribution in [0.15, 0.2) is 60.9 Å². The van der Waals surface area contributed by atoms with Gasteiger partial charge in [-0.2, -0.15) is 10.2 Å². The predicted molar refractivity (Wildman–Crippen MR) is 104 cm³/mol. The van der Waals surface area contributed by atoms with Gasteiger partial charge in [0.2, 0.25) is 0 Å². The molecule has 4 aromatic rings. The summed E-state index contributed by atoms with van der Waals surface area (Å²) in [5.41, 5.74) is 5.58. The zero-order chi connectivity index (χ0) is 18.4. The van der Waals surface area contributed by atoms with E-state index in [9.17, 15) is 4.39 Å². The van der Waals surface area contributed by atoms with E-state index in [-0.39, 0.29) is 11.7 Å². The summed E-state index contributed by atoms with van der Waals surface area (Å²) in [5, 5.41) is 9.15. The SMILES string of the molecule is CN1Cc2cc(-c3cccnn3)c(F)cc2C(c2ccc3cc[nH]c3c2)C1. The number of aromatic amines is 1. The molecule has 0 saturated carbocycles. The highest BCUT2D eigenvalue weighted by molar-refractivity contribution is 5.80. The molecule has 5 heteroatoms. The summed E-state index contributed by atoms with van der Waals surface area (Å²) in [6, 6.07) is 15.7. The Kier molecular flexibility index (Phi) is 3.76. The molecule has 134 valence electrons. The van der Waals surface area contributed by atoms with Gasteiger partial charge in [-0.3, -0.25) is 0 Å². The summed E-state index contributed by atoms with van der Waals surface area (Å²) in [5.74, 6) is -0.110. The molecule has 0 saturated heterocycles. The van der Waals surface area contributed by atoms with Crippen LogP contribution in [0, 0.1) is 5.82 Å². The van der Waals surface area contributed by atoms with E-state index >= 15 is 0 Å². The average Bonchev–Trinajstić information content (AvgIpc) is 3.16. The van der Waals surface area contributed by atoms with Crippen LogP contribution < -0.4 is 0 Å². The minimum absolute atomic E-state index is 0.136. The maximum atomic E-state index is 15.0. The molecule has 4 nitrogen and oxygen atoms in total. The number of aromatic nitrogens is 3. The van der Waals surface area contributed by atoms with E-state index in [1.807, 2.05) is 12.3 Å². The van der Waals surface area contributed by atoms with Gasteiger partial charge in [0.25, 0.3) is 0 Å². The van der Waals surface area contributed by atoms with E-state index in [2.05, 4.69) is 51.4 Å². The van der Waals surface area contributed by atoms with Gasteiger partial charge in [0, 0.05) is 42.5 Å². The lowest BCUT2D eigenvalue weighted by Gasteiger charge is -2.33. The summed E-state index contributed by atoms with van der Waals surface area (Å²) in [6.45, 7) is 1.66. The third-order valence-corrected chi connectivity index (χ3v) is 5.37. The first-order chi connectivity index (χ1) is 13.2. The van der Waals surface area contributed by atoms with Gasteiger partial charge >= 0.3 is 0 Å². The molecule has 0 aliphatic carbocycles. The van der Waals surface area contributed by atoms with E-state index in [0.717, 1.165) is 29.7 Å². The van der Waals surface area contributed by atoms with Gasteiger partial charge in [-0.1, -0.05) is 12.1 Å². The number of rotatable bonds is 2. The molecule has 2 aromatic carbocycles. The van der Waals surface area contributed by atoms with Crippen molar-refractivity contribution in [2.24, 2.45) is 0 Å². The molecule has 1 N–H and O–H groups in total. The molecule has 3 heterocycles. The summed E-state index contributed by atoms with van der Waals surface area (Å²) < 4.78 is 15.0. The Balaban J connectivity index is 1.63. The number of nitrogens with zero attached hydrogens (tertiary/aromatic N) is 3. The van der Waals surface area contributed by atoms with Gasteiger partial charge in [0.1, 0.15) is 5.82 Å².